The minimum atomic E-state index is -0.779. The Morgan fingerprint density at radius 3 is 2.78 bits per heavy atom. The van der Waals surface area contributed by atoms with Crippen LogP contribution in [-0.2, 0) is 4.79 Å². The molecule has 0 radical (unpaired) electrons. The number of carbonyl (C=O) groups is 2. The number of hydrogen-bond donors (Lipinski definition) is 2. The topological polar surface area (TPSA) is 79.3 Å². The summed E-state index contributed by atoms with van der Waals surface area (Å²) in [6, 6.07) is 3.39. The molecule has 0 aliphatic rings. The molecule has 0 fully saturated rings. The number of aliphatic carboxylic acids is 1. The molecule has 1 rings (SSSR count). The quantitative estimate of drug-likeness (QED) is 0.597. The number of nitrogens with one attached hydrogen (secondary N) is 1. The number of unbranched alkanes of at least 4 members (excludes halogenated alkanes) is 2. The van der Waals surface area contributed by atoms with E-state index in [1.54, 1.807) is 18.3 Å². The van der Waals surface area contributed by atoms with Crippen LogP contribution in [0.3, 0.4) is 0 Å². The molecule has 0 saturated heterocycles. The zero-order valence-corrected chi connectivity index (χ0v) is 11.4. The van der Waals surface area contributed by atoms with Crippen molar-refractivity contribution in [3.8, 4) is 0 Å². The van der Waals surface area contributed by atoms with E-state index in [4.69, 9.17) is 5.11 Å². The van der Waals surface area contributed by atoms with Crippen LogP contribution < -0.4 is 5.32 Å². The molecule has 5 nitrogen and oxygen atoms in total. The highest BCUT2D eigenvalue weighted by Crippen LogP contribution is 2.12. The normalized spacial score (nSPS) is 10.1. The van der Waals surface area contributed by atoms with Crippen LogP contribution in [-0.4, -0.2) is 28.5 Å². The fraction of sp³-hybridized carbons (Fsp3) is 0.417. The predicted octanol–water partition coefficient (Wildman–Crippen LogP) is 2.22. The summed E-state index contributed by atoms with van der Waals surface area (Å²) < 4.78 is 0.522. The molecule has 1 amide bonds. The lowest BCUT2D eigenvalue weighted by Gasteiger charge is -2.05. The summed E-state index contributed by atoms with van der Waals surface area (Å²) in [6.45, 7) is 0.541. The van der Waals surface area contributed by atoms with Gasteiger partial charge in [-0.25, -0.2) is 4.98 Å². The standard InChI is InChI=1S/C12H15BrN2O3/c13-11-9(5-4-8-14-11)12(18)15-7-3-1-2-6-10(16)17/h4-5,8H,1-3,6-7H2,(H,15,18)(H,16,17). The van der Waals surface area contributed by atoms with Crippen molar-refractivity contribution in [1.29, 1.82) is 0 Å². The van der Waals surface area contributed by atoms with Gasteiger partial charge in [-0.1, -0.05) is 6.42 Å². The van der Waals surface area contributed by atoms with Crippen LogP contribution in [0, 0.1) is 0 Å². The van der Waals surface area contributed by atoms with E-state index in [1.807, 2.05) is 0 Å². The van der Waals surface area contributed by atoms with Gasteiger partial charge in [-0.05, 0) is 40.9 Å². The van der Waals surface area contributed by atoms with Gasteiger partial charge in [-0.3, -0.25) is 9.59 Å². The van der Waals surface area contributed by atoms with Gasteiger partial charge in [0, 0.05) is 19.2 Å². The first kappa shape index (κ1) is 14.6. The Labute approximate surface area is 114 Å². The summed E-state index contributed by atoms with van der Waals surface area (Å²) in [5, 5.41) is 11.2. The molecule has 1 aromatic rings. The molecule has 98 valence electrons. The molecule has 0 spiro atoms. The third kappa shape index (κ3) is 5.27. The van der Waals surface area contributed by atoms with Gasteiger partial charge in [0.05, 0.1) is 5.56 Å². The molecule has 6 heteroatoms. The SMILES string of the molecule is O=C(O)CCCCCNC(=O)c1cccnc1Br. The number of pyridine rings is 1. The van der Waals surface area contributed by atoms with E-state index in [2.05, 4.69) is 26.2 Å². The zero-order valence-electron chi connectivity index (χ0n) is 9.86. The van der Waals surface area contributed by atoms with E-state index in [0.29, 0.717) is 23.1 Å². The summed E-state index contributed by atoms with van der Waals surface area (Å²) in [5.74, 6) is -0.952. The Hall–Kier alpha value is -1.43. The summed E-state index contributed by atoms with van der Waals surface area (Å²) in [5.41, 5.74) is 0.503. The number of carboxylic acids is 1. The summed E-state index contributed by atoms with van der Waals surface area (Å²) in [4.78, 5) is 26.0. The van der Waals surface area contributed by atoms with Crippen LogP contribution >= 0.6 is 15.9 Å². The molecular formula is C12H15BrN2O3. The first-order valence-corrected chi connectivity index (χ1v) is 6.51. The third-order valence-electron chi connectivity index (χ3n) is 2.36. The second kappa shape index (κ2) is 7.81. The molecule has 1 heterocycles. The highest BCUT2D eigenvalue weighted by atomic mass is 79.9. The Kier molecular flexibility index (Phi) is 6.35. The maximum atomic E-state index is 11.7. The second-order valence-corrected chi connectivity index (χ2v) is 4.55. The van der Waals surface area contributed by atoms with Gasteiger partial charge in [0.25, 0.3) is 5.91 Å². The fourth-order valence-corrected chi connectivity index (χ4v) is 1.86. The number of hydrogen-bond acceptors (Lipinski definition) is 3. The molecule has 0 aromatic carbocycles. The summed E-state index contributed by atoms with van der Waals surface area (Å²) in [6.07, 6.45) is 3.99. The second-order valence-electron chi connectivity index (χ2n) is 3.80. The van der Waals surface area contributed by atoms with Crippen molar-refractivity contribution >= 4 is 27.8 Å². The highest BCUT2D eigenvalue weighted by molar-refractivity contribution is 9.10. The number of rotatable bonds is 7. The Balaban J connectivity index is 2.22. The van der Waals surface area contributed by atoms with Crippen LogP contribution in [0.1, 0.15) is 36.0 Å². The number of carboxylic acid groups (broad SMARTS) is 1. The van der Waals surface area contributed by atoms with Gasteiger partial charge in [0.1, 0.15) is 4.60 Å². The van der Waals surface area contributed by atoms with Gasteiger partial charge in [-0.2, -0.15) is 0 Å². The van der Waals surface area contributed by atoms with Crippen LogP contribution in [0.2, 0.25) is 0 Å². The monoisotopic (exact) mass is 314 g/mol. The maximum absolute atomic E-state index is 11.7. The van der Waals surface area contributed by atoms with Crippen molar-refractivity contribution in [3.63, 3.8) is 0 Å². The van der Waals surface area contributed by atoms with Crippen molar-refractivity contribution in [2.75, 3.05) is 6.54 Å². The molecule has 2 N–H and O–H groups in total. The first-order chi connectivity index (χ1) is 8.61. The van der Waals surface area contributed by atoms with Crippen molar-refractivity contribution in [2.45, 2.75) is 25.7 Å². The lowest BCUT2D eigenvalue weighted by molar-refractivity contribution is -0.137. The lowest BCUT2D eigenvalue weighted by atomic mass is 10.2. The number of halogens is 1. The molecule has 0 unspecified atom stereocenters. The van der Waals surface area contributed by atoms with E-state index < -0.39 is 5.97 Å². The third-order valence-corrected chi connectivity index (χ3v) is 2.99. The molecule has 1 aromatic heterocycles. The Morgan fingerprint density at radius 1 is 1.33 bits per heavy atom. The molecule has 0 saturated carbocycles. The minimum absolute atomic E-state index is 0.173. The minimum Gasteiger partial charge on any atom is -0.481 e. The van der Waals surface area contributed by atoms with Gasteiger partial charge in [0.15, 0.2) is 0 Å². The van der Waals surface area contributed by atoms with Crippen molar-refractivity contribution < 1.29 is 14.7 Å². The van der Waals surface area contributed by atoms with Crippen LogP contribution in [0.5, 0.6) is 0 Å². The van der Waals surface area contributed by atoms with Gasteiger partial charge >= 0.3 is 5.97 Å². The van der Waals surface area contributed by atoms with E-state index in [-0.39, 0.29) is 12.3 Å². The molecule has 18 heavy (non-hydrogen) atoms. The number of nitrogens with zero attached hydrogens (tertiary/aromatic N) is 1. The molecular weight excluding hydrogens is 300 g/mol. The first-order valence-electron chi connectivity index (χ1n) is 5.72. The summed E-state index contributed by atoms with van der Waals surface area (Å²) in [7, 11) is 0. The van der Waals surface area contributed by atoms with Gasteiger partial charge in [-0.15, -0.1) is 0 Å². The molecule has 0 bridgehead atoms. The van der Waals surface area contributed by atoms with Crippen molar-refractivity contribution in [2.24, 2.45) is 0 Å². The molecule has 0 aliphatic heterocycles. The van der Waals surface area contributed by atoms with Crippen LogP contribution in [0.4, 0.5) is 0 Å². The predicted molar refractivity (Wildman–Crippen MR) is 70.4 cm³/mol. The van der Waals surface area contributed by atoms with E-state index in [9.17, 15) is 9.59 Å². The Morgan fingerprint density at radius 2 is 2.11 bits per heavy atom. The van der Waals surface area contributed by atoms with Gasteiger partial charge in [0.2, 0.25) is 0 Å². The maximum Gasteiger partial charge on any atom is 0.303 e. The number of aromatic nitrogens is 1. The molecule has 0 atom stereocenters. The van der Waals surface area contributed by atoms with E-state index >= 15 is 0 Å². The lowest BCUT2D eigenvalue weighted by Crippen LogP contribution is -2.25. The van der Waals surface area contributed by atoms with Crippen LogP contribution in [0.15, 0.2) is 22.9 Å². The average molecular weight is 315 g/mol. The largest absolute Gasteiger partial charge is 0.481 e. The molecule has 0 aliphatic carbocycles. The fourth-order valence-electron chi connectivity index (χ4n) is 1.43. The van der Waals surface area contributed by atoms with E-state index in [0.717, 1.165) is 12.8 Å². The van der Waals surface area contributed by atoms with Crippen LogP contribution in [0.25, 0.3) is 0 Å². The average Bonchev–Trinajstić information content (AvgIpc) is 2.33. The van der Waals surface area contributed by atoms with E-state index in [1.165, 1.54) is 0 Å². The van der Waals surface area contributed by atoms with Crippen molar-refractivity contribution in [1.82, 2.24) is 10.3 Å². The Bertz CT molecular complexity index is 424. The van der Waals surface area contributed by atoms with Crippen molar-refractivity contribution in [3.05, 3.63) is 28.5 Å². The highest BCUT2D eigenvalue weighted by Gasteiger charge is 2.08. The number of carbonyl (C=O) groups excluding carboxylic acids is 1. The zero-order chi connectivity index (χ0) is 13.4. The summed E-state index contributed by atoms with van der Waals surface area (Å²) >= 11 is 3.21. The smallest absolute Gasteiger partial charge is 0.303 e. The number of amides is 1. The van der Waals surface area contributed by atoms with Gasteiger partial charge < -0.3 is 10.4 Å².